The van der Waals surface area contributed by atoms with Crippen LogP contribution in [0.4, 0.5) is 5.69 Å². The van der Waals surface area contributed by atoms with Crippen molar-refractivity contribution in [1.29, 1.82) is 0 Å². The normalized spacial score (nSPS) is 24.3. The summed E-state index contributed by atoms with van der Waals surface area (Å²) < 4.78 is 19.0. The minimum Gasteiger partial charge on any atom is -0.469 e. The number of hydrogen-bond acceptors (Lipinski definition) is 9. The van der Waals surface area contributed by atoms with Crippen LogP contribution in [-0.4, -0.2) is 45.3 Å². The molecule has 5 heterocycles. The molecule has 11 heteroatoms. The second-order valence-corrected chi connectivity index (χ2v) is 12.1. The largest absolute Gasteiger partial charge is 0.469 e. The van der Waals surface area contributed by atoms with E-state index in [1.807, 2.05) is 56.3 Å². The van der Waals surface area contributed by atoms with Gasteiger partial charge in [0, 0.05) is 17.7 Å². The van der Waals surface area contributed by atoms with E-state index < -0.39 is 41.6 Å². The number of rotatable bonds is 5. The summed E-state index contributed by atoms with van der Waals surface area (Å²) in [6.07, 6.45) is 1.41. The lowest BCUT2D eigenvalue weighted by Gasteiger charge is -2.29. The van der Waals surface area contributed by atoms with Crippen molar-refractivity contribution in [2.45, 2.75) is 63.9 Å². The molecular formula is C32H33N5O6. The molecule has 1 unspecified atom stereocenters. The number of benzene rings is 2. The van der Waals surface area contributed by atoms with E-state index in [9.17, 15) is 14.7 Å². The average Bonchev–Trinajstić information content (AvgIpc) is 3.76. The van der Waals surface area contributed by atoms with Crippen molar-refractivity contribution in [3.8, 4) is 17.3 Å². The van der Waals surface area contributed by atoms with Crippen molar-refractivity contribution < 1.29 is 28.3 Å². The number of amides is 2. The number of nitrogens with one attached hydrogen (secondary N) is 3. The van der Waals surface area contributed by atoms with Gasteiger partial charge in [0.25, 0.3) is 0 Å². The van der Waals surface area contributed by atoms with Crippen molar-refractivity contribution in [1.82, 2.24) is 20.6 Å². The Labute approximate surface area is 248 Å². The number of hydrogen-bond donors (Lipinski definition) is 4. The summed E-state index contributed by atoms with van der Waals surface area (Å²) in [5.41, 5.74) is 2.91. The van der Waals surface area contributed by atoms with Gasteiger partial charge in [-0.2, -0.15) is 0 Å². The van der Waals surface area contributed by atoms with Gasteiger partial charge in [-0.3, -0.25) is 9.59 Å². The van der Waals surface area contributed by atoms with E-state index in [-0.39, 0.29) is 30.0 Å². The highest BCUT2D eigenvalue weighted by Gasteiger charge is 2.61. The number of ether oxygens (including phenoxy) is 1. The van der Waals surface area contributed by atoms with Gasteiger partial charge in [0.15, 0.2) is 17.7 Å². The van der Waals surface area contributed by atoms with Gasteiger partial charge in [-0.1, -0.05) is 58.0 Å². The maximum absolute atomic E-state index is 13.8. The number of aliphatic hydroxyl groups excluding tert-OH is 1. The smallest absolute Gasteiger partial charge is 0.249 e. The van der Waals surface area contributed by atoms with E-state index >= 15 is 0 Å². The van der Waals surface area contributed by atoms with Gasteiger partial charge >= 0.3 is 0 Å². The zero-order chi connectivity index (χ0) is 30.0. The molecule has 4 aromatic rings. The summed E-state index contributed by atoms with van der Waals surface area (Å²) in [6.45, 7) is 7.40. The molecule has 3 aliphatic heterocycles. The van der Waals surface area contributed by atoms with E-state index in [1.54, 1.807) is 20.0 Å². The SMILES string of the molecule is CC(C)[C@H](O)C(=O)N[C@H]1Cc2ccc3c(c2)C2(c4ccccc4N[C@H]2O3)c2oc(nc2-c2ncco2)[C@H](C(C)C)NC1=O. The Hall–Kier alpha value is -4.64. The second kappa shape index (κ2) is 9.98. The molecule has 2 aromatic heterocycles. The molecule has 0 aliphatic carbocycles. The summed E-state index contributed by atoms with van der Waals surface area (Å²) in [6, 6.07) is 12.1. The Morgan fingerprint density at radius 1 is 1.12 bits per heavy atom. The van der Waals surface area contributed by atoms with Gasteiger partial charge in [-0.25, -0.2) is 9.97 Å². The molecule has 4 N–H and O–H groups in total. The number of nitrogens with zero attached hydrogens (tertiary/aromatic N) is 2. The van der Waals surface area contributed by atoms with Gasteiger partial charge in [-0.05, 0) is 35.1 Å². The molecule has 0 radical (unpaired) electrons. The van der Waals surface area contributed by atoms with Crippen molar-refractivity contribution in [2.24, 2.45) is 11.8 Å². The molecule has 0 fully saturated rings. The van der Waals surface area contributed by atoms with Gasteiger partial charge < -0.3 is 34.6 Å². The Bertz CT molecular complexity index is 1710. The molecule has 4 bridgehead atoms. The van der Waals surface area contributed by atoms with Crippen LogP contribution in [0.3, 0.4) is 0 Å². The van der Waals surface area contributed by atoms with E-state index in [2.05, 4.69) is 20.9 Å². The number of aromatic nitrogens is 2. The Balaban J connectivity index is 1.47. The maximum atomic E-state index is 13.8. The first-order valence-electron chi connectivity index (χ1n) is 14.5. The summed E-state index contributed by atoms with van der Waals surface area (Å²) in [5.74, 6) is 0.231. The molecule has 222 valence electrons. The first kappa shape index (κ1) is 27.2. The molecule has 43 heavy (non-hydrogen) atoms. The Morgan fingerprint density at radius 2 is 1.93 bits per heavy atom. The lowest BCUT2D eigenvalue weighted by molar-refractivity contribution is -0.135. The van der Waals surface area contributed by atoms with Gasteiger partial charge in [0.2, 0.25) is 23.6 Å². The topological polar surface area (TPSA) is 152 Å². The fourth-order valence-corrected chi connectivity index (χ4v) is 6.35. The molecule has 3 aliphatic rings. The van der Waals surface area contributed by atoms with Crippen LogP contribution in [0.5, 0.6) is 5.75 Å². The average molecular weight is 584 g/mol. The summed E-state index contributed by atoms with van der Waals surface area (Å²) in [7, 11) is 0. The molecule has 0 saturated heterocycles. The summed E-state index contributed by atoms with van der Waals surface area (Å²) >= 11 is 0. The van der Waals surface area contributed by atoms with Crippen LogP contribution < -0.4 is 20.7 Å². The van der Waals surface area contributed by atoms with E-state index in [1.165, 1.54) is 6.26 Å². The first-order chi connectivity index (χ1) is 20.7. The minimum absolute atomic E-state index is 0.135. The highest BCUT2D eigenvalue weighted by molar-refractivity contribution is 5.90. The highest BCUT2D eigenvalue weighted by atomic mass is 16.5. The summed E-state index contributed by atoms with van der Waals surface area (Å²) in [5, 5.41) is 19.8. The third-order valence-electron chi connectivity index (χ3n) is 8.59. The van der Waals surface area contributed by atoms with E-state index in [4.69, 9.17) is 18.6 Å². The number of carbonyl (C=O) groups excluding carboxylic acids is 2. The van der Waals surface area contributed by atoms with Crippen LogP contribution in [0, 0.1) is 11.8 Å². The number of para-hydroxylation sites is 1. The van der Waals surface area contributed by atoms with Crippen LogP contribution >= 0.6 is 0 Å². The zero-order valence-corrected chi connectivity index (χ0v) is 24.3. The number of aliphatic hydroxyl groups is 1. The van der Waals surface area contributed by atoms with Crippen molar-refractivity contribution in [3.05, 3.63) is 83.3 Å². The standard InChI is InChI=1S/C32H33N5O6/c1-15(2)23-30-37-24(29-33-11-12-41-29)26(43-30)32-18-7-5-6-8-20(18)35-31(32)42-22-10-9-17(13-19(22)32)14-21(27(39)36-23)34-28(40)25(38)16(3)4/h5-13,15-16,21,23,25,31,35,38H,14H2,1-4H3,(H,34,40)(H,36,39)/t21-,23-,25-,31-,32?/m0/s1. The highest BCUT2D eigenvalue weighted by Crippen LogP contribution is 2.59. The fraction of sp³-hybridized carbons (Fsp3) is 0.375. The molecule has 5 atom stereocenters. The van der Waals surface area contributed by atoms with Crippen molar-refractivity contribution in [2.75, 3.05) is 5.32 Å². The molecule has 11 nitrogen and oxygen atoms in total. The molecular weight excluding hydrogens is 550 g/mol. The van der Waals surface area contributed by atoms with E-state index in [0.717, 1.165) is 22.4 Å². The maximum Gasteiger partial charge on any atom is 0.249 e. The number of oxazole rings is 2. The molecule has 2 aromatic carbocycles. The van der Waals surface area contributed by atoms with Gasteiger partial charge in [0.1, 0.15) is 35.6 Å². The minimum atomic E-state index is -1.26. The Kier molecular flexibility index (Phi) is 6.31. The zero-order valence-electron chi connectivity index (χ0n) is 24.3. The fourth-order valence-electron chi connectivity index (χ4n) is 6.35. The summed E-state index contributed by atoms with van der Waals surface area (Å²) in [4.78, 5) is 36.1. The van der Waals surface area contributed by atoms with Crippen LogP contribution in [0.1, 0.15) is 62.1 Å². The monoisotopic (exact) mass is 583 g/mol. The Morgan fingerprint density at radius 3 is 2.67 bits per heavy atom. The first-order valence-corrected chi connectivity index (χ1v) is 14.5. The lowest BCUT2D eigenvalue weighted by Crippen LogP contribution is -2.52. The third-order valence-corrected chi connectivity index (χ3v) is 8.59. The second-order valence-electron chi connectivity index (χ2n) is 12.1. The lowest BCUT2D eigenvalue weighted by atomic mass is 9.72. The predicted octanol–water partition coefficient (Wildman–Crippen LogP) is 3.68. The van der Waals surface area contributed by atoms with Crippen molar-refractivity contribution >= 4 is 17.5 Å². The molecule has 2 amide bonds. The van der Waals surface area contributed by atoms with Crippen LogP contribution in [-0.2, 0) is 21.4 Å². The van der Waals surface area contributed by atoms with Crippen LogP contribution in [0.25, 0.3) is 11.6 Å². The molecule has 1 spiro atoms. The molecule has 0 saturated carbocycles. The van der Waals surface area contributed by atoms with Gasteiger partial charge in [0.05, 0.1) is 6.20 Å². The van der Waals surface area contributed by atoms with Crippen LogP contribution in [0.2, 0.25) is 0 Å². The molecule has 7 rings (SSSR count). The number of carbonyl (C=O) groups is 2. The quantitative estimate of drug-likeness (QED) is 0.276. The predicted molar refractivity (Wildman–Crippen MR) is 155 cm³/mol. The number of fused-ring (bicyclic) bond motifs is 4. The number of anilines is 1. The van der Waals surface area contributed by atoms with E-state index in [0.29, 0.717) is 17.2 Å². The van der Waals surface area contributed by atoms with Crippen molar-refractivity contribution in [3.63, 3.8) is 0 Å². The van der Waals surface area contributed by atoms with Crippen LogP contribution in [0.15, 0.2) is 63.8 Å². The van der Waals surface area contributed by atoms with Gasteiger partial charge in [-0.15, -0.1) is 0 Å². The third kappa shape index (κ3) is 4.13.